The van der Waals surface area contributed by atoms with Crippen molar-refractivity contribution in [1.82, 2.24) is 4.98 Å². The van der Waals surface area contributed by atoms with E-state index in [0.717, 1.165) is 21.2 Å². The van der Waals surface area contributed by atoms with Crippen LogP contribution in [0.25, 0.3) is 0 Å². The van der Waals surface area contributed by atoms with Gasteiger partial charge in [-0.05, 0) is 46.9 Å². The number of carbonyl (C=O) groups excluding carboxylic acids is 1. The number of pyridine rings is 1. The van der Waals surface area contributed by atoms with Crippen molar-refractivity contribution in [2.24, 2.45) is 0 Å². The number of carbonyl (C=O) groups is 1. The Morgan fingerprint density at radius 3 is 2.88 bits per heavy atom. The Balaban J connectivity index is 2.07. The Hall–Kier alpha value is -1.43. The number of nitrogens with zero attached hydrogens (tertiary/aromatic N) is 1. The second-order valence-corrected chi connectivity index (χ2v) is 4.62. The van der Waals surface area contributed by atoms with Gasteiger partial charge < -0.3 is 4.74 Å². The summed E-state index contributed by atoms with van der Waals surface area (Å²) in [5.41, 5.74) is 1.67. The van der Waals surface area contributed by atoms with E-state index in [9.17, 15) is 4.79 Å². The molecule has 0 bridgehead atoms. The predicted molar refractivity (Wildman–Crippen MR) is 73.1 cm³/mol. The molecule has 1 aromatic carbocycles. The summed E-state index contributed by atoms with van der Waals surface area (Å²) >= 11 is 2.15. The highest BCUT2D eigenvalue weighted by molar-refractivity contribution is 14.1. The van der Waals surface area contributed by atoms with E-state index in [4.69, 9.17) is 4.74 Å². The average Bonchev–Trinajstić information content (AvgIpc) is 2.38. The zero-order chi connectivity index (χ0) is 12.1. The van der Waals surface area contributed by atoms with Crippen molar-refractivity contribution in [2.45, 2.75) is 6.61 Å². The smallest absolute Gasteiger partial charge is 0.150 e. The molecule has 17 heavy (non-hydrogen) atoms. The van der Waals surface area contributed by atoms with Gasteiger partial charge in [-0.15, -0.1) is 0 Å². The van der Waals surface area contributed by atoms with Crippen LogP contribution in [0.3, 0.4) is 0 Å². The number of aldehydes is 1. The van der Waals surface area contributed by atoms with Gasteiger partial charge in [0.05, 0.1) is 3.57 Å². The molecule has 2 rings (SSSR count). The summed E-state index contributed by atoms with van der Waals surface area (Å²) < 4.78 is 6.59. The summed E-state index contributed by atoms with van der Waals surface area (Å²) in [4.78, 5) is 14.6. The van der Waals surface area contributed by atoms with Gasteiger partial charge in [-0.1, -0.05) is 6.07 Å². The molecular formula is C13H10INO2. The zero-order valence-corrected chi connectivity index (χ0v) is 11.1. The third-order valence-corrected chi connectivity index (χ3v) is 3.05. The lowest BCUT2D eigenvalue weighted by atomic mass is 10.2. The van der Waals surface area contributed by atoms with E-state index in [1.165, 1.54) is 0 Å². The Labute approximate surface area is 113 Å². The lowest BCUT2D eigenvalue weighted by Gasteiger charge is -2.08. The lowest BCUT2D eigenvalue weighted by Crippen LogP contribution is -1.97. The fourth-order valence-electron chi connectivity index (χ4n) is 1.35. The second-order valence-electron chi connectivity index (χ2n) is 3.46. The third kappa shape index (κ3) is 3.26. The Morgan fingerprint density at radius 2 is 2.24 bits per heavy atom. The molecule has 2 aromatic rings. The molecule has 0 fully saturated rings. The minimum absolute atomic E-state index is 0.476. The largest absolute Gasteiger partial charge is 0.488 e. The maximum Gasteiger partial charge on any atom is 0.150 e. The summed E-state index contributed by atoms with van der Waals surface area (Å²) in [6.07, 6.45) is 4.33. The first kappa shape index (κ1) is 12.0. The van der Waals surface area contributed by atoms with Crippen LogP contribution in [0.2, 0.25) is 0 Å². The Kier molecular flexibility index (Phi) is 4.08. The molecule has 0 amide bonds. The van der Waals surface area contributed by atoms with Gasteiger partial charge in [0.25, 0.3) is 0 Å². The highest BCUT2D eigenvalue weighted by atomic mass is 127. The van der Waals surface area contributed by atoms with Crippen LogP contribution < -0.4 is 4.74 Å². The molecule has 0 atom stereocenters. The van der Waals surface area contributed by atoms with E-state index < -0.39 is 0 Å². The molecule has 86 valence electrons. The SMILES string of the molecule is O=Cc1ccc(OCc2cccnc2)c(I)c1. The predicted octanol–water partition coefficient (Wildman–Crippen LogP) is 3.08. The number of benzene rings is 1. The minimum atomic E-state index is 0.476. The van der Waals surface area contributed by atoms with Crippen molar-refractivity contribution >= 4 is 28.9 Å². The van der Waals surface area contributed by atoms with Crippen LogP contribution in [0.4, 0.5) is 0 Å². The third-order valence-electron chi connectivity index (χ3n) is 2.21. The molecule has 0 unspecified atom stereocenters. The molecule has 0 aliphatic heterocycles. The van der Waals surface area contributed by atoms with E-state index in [-0.39, 0.29) is 0 Å². The van der Waals surface area contributed by atoms with Crippen LogP contribution in [-0.2, 0) is 6.61 Å². The van der Waals surface area contributed by atoms with Gasteiger partial charge in [-0.3, -0.25) is 9.78 Å². The molecule has 3 nitrogen and oxygen atoms in total. The molecule has 0 aliphatic carbocycles. The van der Waals surface area contributed by atoms with Crippen molar-refractivity contribution < 1.29 is 9.53 Å². The summed E-state index contributed by atoms with van der Waals surface area (Å²) in [5, 5.41) is 0. The zero-order valence-electron chi connectivity index (χ0n) is 8.97. The lowest BCUT2D eigenvalue weighted by molar-refractivity contribution is 0.112. The van der Waals surface area contributed by atoms with Gasteiger partial charge in [0.2, 0.25) is 0 Å². The van der Waals surface area contributed by atoms with Crippen molar-refractivity contribution in [3.8, 4) is 5.75 Å². The van der Waals surface area contributed by atoms with Crippen LogP contribution in [0.5, 0.6) is 5.75 Å². The average molecular weight is 339 g/mol. The standard InChI is InChI=1S/C13H10INO2/c14-12-6-10(8-16)3-4-13(12)17-9-11-2-1-5-15-7-11/h1-8H,9H2. The van der Waals surface area contributed by atoms with Gasteiger partial charge in [0.15, 0.2) is 0 Å². The van der Waals surface area contributed by atoms with Crippen LogP contribution in [-0.4, -0.2) is 11.3 Å². The normalized spacial score (nSPS) is 9.94. The van der Waals surface area contributed by atoms with Crippen molar-refractivity contribution in [3.63, 3.8) is 0 Å². The fraction of sp³-hybridized carbons (Fsp3) is 0.0769. The molecule has 0 radical (unpaired) electrons. The van der Waals surface area contributed by atoms with Crippen molar-refractivity contribution in [2.75, 3.05) is 0 Å². The fourth-order valence-corrected chi connectivity index (χ4v) is 2.05. The van der Waals surface area contributed by atoms with E-state index in [1.54, 1.807) is 24.5 Å². The minimum Gasteiger partial charge on any atom is -0.488 e. The maximum absolute atomic E-state index is 10.6. The summed E-state index contributed by atoms with van der Waals surface area (Å²) in [6.45, 7) is 0.476. The van der Waals surface area contributed by atoms with Crippen LogP contribution in [0, 0.1) is 3.57 Å². The van der Waals surface area contributed by atoms with E-state index in [1.807, 2.05) is 18.2 Å². The quantitative estimate of drug-likeness (QED) is 0.635. The monoisotopic (exact) mass is 339 g/mol. The number of hydrogen-bond acceptors (Lipinski definition) is 3. The molecule has 0 N–H and O–H groups in total. The number of ether oxygens (including phenoxy) is 1. The number of halogens is 1. The molecule has 0 aliphatic rings. The molecule has 4 heteroatoms. The highest BCUT2D eigenvalue weighted by Crippen LogP contribution is 2.22. The summed E-state index contributed by atoms with van der Waals surface area (Å²) in [5.74, 6) is 0.778. The summed E-state index contributed by atoms with van der Waals surface area (Å²) in [6, 6.07) is 9.18. The van der Waals surface area contributed by atoms with Crippen LogP contribution in [0.1, 0.15) is 15.9 Å². The van der Waals surface area contributed by atoms with Crippen LogP contribution >= 0.6 is 22.6 Å². The van der Waals surface area contributed by atoms with Gasteiger partial charge in [-0.2, -0.15) is 0 Å². The van der Waals surface area contributed by atoms with Gasteiger partial charge in [0, 0.05) is 23.5 Å². The molecule has 0 saturated heterocycles. The molecular weight excluding hydrogens is 329 g/mol. The molecule has 1 heterocycles. The second kappa shape index (κ2) is 5.77. The number of hydrogen-bond donors (Lipinski definition) is 0. The maximum atomic E-state index is 10.6. The molecule has 0 spiro atoms. The van der Waals surface area contributed by atoms with Crippen molar-refractivity contribution in [1.29, 1.82) is 0 Å². The van der Waals surface area contributed by atoms with E-state index >= 15 is 0 Å². The Morgan fingerprint density at radius 1 is 1.35 bits per heavy atom. The van der Waals surface area contributed by atoms with Gasteiger partial charge in [-0.25, -0.2) is 0 Å². The van der Waals surface area contributed by atoms with Gasteiger partial charge in [0.1, 0.15) is 18.6 Å². The van der Waals surface area contributed by atoms with Crippen LogP contribution in [0.15, 0.2) is 42.7 Å². The summed E-state index contributed by atoms with van der Waals surface area (Å²) in [7, 11) is 0. The first-order valence-electron chi connectivity index (χ1n) is 5.06. The van der Waals surface area contributed by atoms with Crippen molar-refractivity contribution in [3.05, 3.63) is 57.4 Å². The Bertz CT molecular complexity index is 514. The van der Waals surface area contributed by atoms with Gasteiger partial charge >= 0.3 is 0 Å². The topological polar surface area (TPSA) is 39.2 Å². The van der Waals surface area contributed by atoms with E-state index in [2.05, 4.69) is 27.6 Å². The number of rotatable bonds is 4. The highest BCUT2D eigenvalue weighted by Gasteiger charge is 2.02. The number of aromatic nitrogens is 1. The molecule has 0 saturated carbocycles. The van der Waals surface area contributed by atoms with E-state index in [0.29, 0.717) is 12.2 Å². The first-order valence-corrected chi connectivity index (χ1v) is 6.14. The molecule has 1 aromatic heterocycles. The first-order chi connectivity index (χ1) is 8.29.